The van der Waals surface area contributed by atoms with E-state index in [1.54, 1.807) is 6.07 Å². The first-order valence-electron chi connectivity index (χ1n) is 11.6. The molecule has 0 spiro atoms. The van der Waals surface area contributed by atoms with Crippen LogP contribution in [-0.2, 0) is 20.5 Å². The zero-order valence-corrected chi connectivity index (χ0v) is 19.5. The zero-order chi connectivity index (χ0) is 25.9. The van der Waals surface area contributed by atoms with E-state index in [2.05, 4.69) is 5.32 Å². The molecule has 2 amide bonds. The summed E-state index contributed by atoms with van der Waals surface area (Å²) in [6.07, 6.45) is -4.80. The van der Waals surface area contributed by atoms with Crippen molar-refractivity contribution in [3.05, 3.63) is 77.9 Å². The maximum absolute atomic E-state index is 12.7. The second-order valence-corrected chi connectivity index (χ2v) is 8.77. The molecule has 3 aromatic carbocycles. The fourth-order valence-corrected chi connectivity index (χ4v) is 4.14. The summed E-state index contributed by atoms with van der Waals surface area (Å²) in [7, 11) is 0. The monoisotopic (exact) mass is 498 g/mol. The van der Waals surface area contributed by atoms with Crippen molar-refractivity contribution in [3.63, 3.8) is 0 Å². The van der Waals surface area contributed by atoms with Gasteiger partial charge in [-0.1, -0.05) is 30.3 Å². The normalized spacial score (nSPS) is 15.4. The summed E-state index contributed by atoms with van der Waals surface area (Å²) in [5.41, 5.74) is -0.0704. The lowest BCUT2D eigenvalue weighted by molar-refractivity contribution is -0.158. The highest BCUT2D eigenvalue weighted by molar-refractivity contribution is 5.97. The Hall–Kier alpha value is -3.88. The minimum atomic E-state index is -4.47. The highest BCUT2D eigenvalue weighted by atomic mass is 19.4. The van der Waals surface area contributed by atoms with E-state index in [1.165, 1.54) is 11.8 Å². The van der Waals surface area contributed by atoms with Crippen LogP contribution in [0.25, 0.3) is 10.8 Å². The molecule has 1 N–H and O–H groups in total. The lowest BCUT2D eigenvalue weighted by atomic mass is 9.96. The van der Waals surface area contributed by atoms with E-state index in [9.17, 15) is 27.6 Å². The number of halogens is 3. The molecule has 36 heavy (non-hydrogen) atoms. The van der Waals surface area contributed by atoms with Crippen LogP contribution in [0.2, 0.25) is 0 Å². The molecule has 1 saturated heterocycles. The van der Waals surface area contributed by atoms with Crippen LogP contribution >= 0.6 is 0 Å². The van der Waals surface area contributed by atoms with Gasteiger partial charge in [-0.3, -0.25) is 14.4 Å². The number of carbonyl (C=O) groups excluding carboxylic acids is 3. The van der Waals surface area contributed by atoms with Gasteiger partial charge >= 0.3 is 12.1 Å². The Morgan fingerprint density at radius 3 is 2.22 bits per heavy atom. The molecular formula is C27H25F3N2O4. The van der Waals surface area contributed by atoms with Crippen molar-refractivity contribution in [2.45, 2.75) is 32.0 Å². The molecule has 0 saturated carbocycles. The van der Waals surface area contributed by atoms with Crippen LogP contribution in [-0.4, -0.2) is 41.9 Å². The Labute approximate surface area is 206 Å². The van der Waals surface area contributed by atoms with Crippen molar-refractivity contribution >= 4 is 34.2 Å². The number of benzene rings is 3. The molecule has 1 atom stereocenters. The van der Waals surface area contributed by atoms with Crippen LogP contribution in [0.5, 0.6) is 0 Å². The van der Waals surface area contributed by atoms with Crippen molar-refractivity contribution in [1.29, 1.82) is 0 Å². The number of hydrogen-bond donors (Lipinski definition) is 1. The molecular weight excluding hydrogens is 473 g/mol. The summed E-state index contributed by atoms with van der Waals surface area (Å²) in [4.78, 5) is 39.3. The summed E-state index contributed by atoms with van der Waals surface area (Å²) in [6, 6.07) is 17.3. The number of ether oxygens (including phenoxy) is 1. The van der Waals surface area contributed by atoms with E-state index in [0.29, 0.717) is 18.5 Å². The van der Waals surface area contributed by atoms with E-state index in [-0.39, 0.29) is 18.7 Å². The van der Waals surface area contributed by atoms with Crippen molar-refractivity contribution in [2.75, 3.05) is 18.4 Å². The van der Waals surface area contributed by atoms with E-state index in [1.807, 2.05) is 36.4 Å². The maximum atomic E-state index is 12.7. The van der Waals surface area contributed by atoms with Crippen molar-refractivity contribution < 1.29 is 32.3 Å². The van der Waals surface area contributed by atoms with Crippen molar-refractivity contribution in [2.24, 2.45) is 5.92 Å². The lowest BCUT2D eigenvalue weighted by Crippen LogP contribution is -2.41. The molecule has 1 aliphatic heterocycles. The Morgan fingerprint density at radius 1 is 0.944 bits per heavy atom. The molecule has 1 unspecified atom stereocenters. The molecule has 4 rings (SSSR count). The third kappa shape index (κ3) is 5.84. The summed E-state index contributed by atoms with van der Waals surface area (Å²) in [6.45, 7) is 2.02. The Kier molecular flexibility index (Phi) is 7.28. The minimum Gasteiger partial charge on any atom is -0.452 e. The van der Waals surface area contributed by atoms with Gasteiger partial charge in [0.2, 0.25) is 0 Å². The third-order valence-corrected chi connectivity index (χ3v) is 6.25. The van der Waals surface area contributed by atoms with E-state index in [0.717, 1.165) is 35.0 Å². The molecule has 9 heteroatoms. The first kappa shape index (κ1) is 25.2. The van der Waals surface area contributed by atoms with Crippen LogP contribution in [0.3, 0.4) is 0 Å². The number of anilines is 1. The molecule has 0 aromatic heterocycles. The molecule has 0 aliphatic carbocycles. The fourth-order valence-electron chi connectivity index (χ4n) is 4.14. The first-order chi connectivity index (χ1) is 17.1. The SMILES string of the molecule is CC(OC(=O)C1CCN(C(=O)c2ccc(C(F)(F)F)cc2)CC1)C(=O)Nc1ccc2ccccc2c1. The number of esters is 1. The maximum Gasteiger partial charge on any atom is 0.416 e. The van der Waals surface area contributed by atoms with Gasteiger partial charge in [0.1, 0.15) is 0 Å². The van der Waals surface area contributed by atoms with Gasteiger partial charge in [0, 0.05) is 24.3 Å². The van der Waals surface area contributed by atoms with Gasteiger partial charge in [0.05, 0.1) is 11.5 Å². The number of nitrogens with zero attached hydrogens (tertiary/aromatic N) is 1. The highest BCUT2D eigenvalue weighted by Crippen LogP contribution is 2.29. The molecule has 1 fully saturated rings. The summed E-state index contributed by atoms with van der Waals surface area (Å²) in [5.74, 6) is -1.83. The van der Waals surface area contributed by atoms with Gasteiger partial charge in [0.25, 0.3) is 11.8 Å². The number of hydrogen-bond acceptors (Lipinski definition) is 4. The fraction of sp³-hybridized carbons (Fsp3) is 0.296. The number of amides is 2. The summed E-state index contributed by atoms with van der Waals surface area (Å²) < 4.78 is 43.6. The molecule has 3 aromatic rings. The first-order valence-corrected chi connectivity index (χ1v) is 11.6. The van der Waals surface area contributed by atoms with Crippen LogP contribution in [0, 0.1) is 5.92 Å². The number of likely N-dealkylation sites (tertiary alicyclic amines) is 1. The van der Waals surface area contributed by atoms with Crippen LogP contribution in [0.1, 0.15) is 35.7 Å². The Balaban J connectivity index is 1.27. The summed E-state index contributed by atoms with van der Waals surface area (Å²) in [5, 5.41) is 4.77. The predicted octanol–water partition coefficient (Wildman–Crippen LogP) is 5.28. The van der Waals surface area contributed by atoms with E-state index >= 15 is 0 Å². The van der Waals surface area contributed by atoms with Crippen molar-refractivity contribution in [1.82, 2.24) is 4.90 Å². The number of rotatable bonds is 5. The molecule has 1 heterocycles. The van der Waals surface area contributed by atoms with Gasteiger partial charge < -0.3 is 15.0 Å². The average Bonchev–Trinajstić information content (AvgIpc) is 2.87. The van der Waals surface area contributed by atoms with Gasteiger partial charge in [-0.25, -0.2) is 0 Å². The molecule has 0 bridgehead atoms. The molecule has 1 aliphatic rings. The Bertz CT molecular complexity index is 1270. The van der Waals surface area contributed by atoms with Gasteiger partial charge in [-0.2, -0.15) is 13.2 Å². The van der Waals surface area contributed by atoms with Crippen LogP contribution in [0.15, 0.2) is 66.7 Å². The third-order valence-electron chi connectivity index (χ3n) is 6.25. The Morgan fingerprint density at radius 2 is 1.58 bits per heavy atom. The largest absolute Gasteiger partial charge is 0.452 e. The predicted molar refractivity (Wildman–Crippen MR) is 128 cm³/mol. The standard InChI is InChI=1S/C27H25F3N2O4/c1-17(24(33)31-23-11-8-18-4-2-3-5-21(18)16-23)36-26(35)20-12-14-32(15-13-20)25(34)19-6-9-22(10-7-19)27(28,29)30/h2-11,16-17,20H,12-15H2,1H3,(H,31,33). The van der Waals surface area contributed by atoms with E-state index in [4.69, 9.17) is 4.74 Å². The highest BCUT2D eigenvalue weighted by Gasteiger charge is 2.32. The van der Waals surface area contributed by atoms with E-state index < -0.39 is 41.5 Å². The number of fused-ring (bicyclic) bond motifs is 1. The number of alkyl halides is 3. The number of piperidine rings is 1. The van der Waals surface area contributed by atoms with Gasteiger partial charge in [0.15, 0.2) is 6.10 Å². The quantitative estimate of drug-likeness (QED) is 0.486. The van der Waals surface area contributed by atoms with Crippen molar-refractivity contribution in [3.8, 4) is 0 Å². The topological polar surface area (TPSA) is 75.7 Å². The molecule has 6 nitrogen and oxygen atoms in total. The molecule has 188 valence electrons. The number of carbonyl (C=O) groups is 3. The van der Waals surface area contributed by atoms with Gasteiger partial charge in [-0.05, 0) is 66.9 Å². The average molecular weight is 499 g/mol. The lowest BCUT2D eigenvalue weighted by Gasteiger charge is -2.31. The van der Waals surface area contributed by atoms with Crippen LogP contribution in [0.4, 0.5) is 18.9 Å². The zero-order valence-electron chi connectivity index (χ0n) is 19.5. The van der Waals surface area contributed by atoms with Gasteiger partial charge in [-0.15, -0.1) is 0 Å². The smallest absolute Gasteiger partial charge is 0.416 e. The number of nitrogens with one attached hydrogen (secondary N) is 1. The molecule has 0 radical (unpaired) electrons. The minimum absolute atomic E-state index is 0.156. The summed E-state index contributed by atoms with van der Waals surface area (Å²) >= 11 is 0. The second-order valence-electron chi connectivity index (χ2n) is 8.77. The van der Waals surface area contributed by atoms with Crippen LogP contribution < -0.4 is 5.32 Å². The second kappa shape index (κ2) is 10.4.